The van der Waals surface area contributed by atoms with Crippen LogP contribution < -0.4 is 15.8 Å². The molecule has 3 aromatic rings. The fourth-order valence-corrected chi connectivity index (χ4v) is 3.27. The lowest BCUT2D eigenvalue weighted by atomic mass is 10.2. The first-order chi connectivity index (χ1) is 13.5. The lowest BCUT2D eigenvalue weighted by Crippen LogP contribution is -2.36. The number of carbonyl (C=O) groups excluding carboxylic acids is 2. The highest BCUT2D eigenvalue weighted by atomic mass is 32.2. The van der Waals surface area contributed by atoms with Crippen molar-refractivity contribution in [1.29, 1.82) is 0 Å². The average molecular weight is 397 g/mol. The molecular weight excluding hydrogens is 378 g/mol. The molecule has 3 N–H and O–H groups in total. The fourth-order valence-electron chi connectivity index (χ4n) is 2.52. The van der Waals surface area contributed by atoms with Crippen LogP contribution >= 0.6 is 11.8 Å². The third-order valence-corrected chi connectivity index (χ3v) is 4.80. The second-order valence-corrected chi connectivity index (χ2v) is 6.85. The van der Waals surface area contributed by atoms with Gasteiger partial charge in [0.15, 0.2) is 11.0 Å². The van der Waals surface area contributed by atoms with Crippen LogP contribution in [-0.2, 0) is 4.79 Å². The highest BCUT2D eigenvalue weighted by Crippen LogP contribution is 2.29. The second kappa shape index (κ2) is 8.57. The van der Waals surface area contributed by atoms with E-state index in [1.165, 1.54) is 0 Å². The molecule has 3 amide bonds. The SMILES string of the molecule is COc1ccc(-c2nnc(SCC(=O)NC(N)=O)n2-c2ccc(C)cc2)cc1. The van der Waals surface area contributed by atoms with Crippen molar-refractivity contribution in [2.45, 2.75) is 12.1 Å². The van der Waals surface area contributed by atoms with Crippen molar-refractivity contribution in [2.75, 3.05) is 12.9 Å². The number of nitrogens with two attached hydrogens (primary N) is 1. The van der Waals surface area contributed by atoms with Crippen molar-refractivity contribution < 1.29 is 14.3 Å². The minimum Gasteiger partial charge on any atom is -0.497 e. The number of thioether (sulfide) groups is 1. The van der Waals surface area contributed by atoms with E-state index < -0.39 is 11.9 Å². The van der Waals surface area contributed by atoms with E-state index in [1.54, 1.807) is 7.11 Å². The van der Waals surface area contributed by atoms with Crippen LogP contribution in [0.5, 0.6) is 5.75 Å². The summed E-state index contributed by atoms with van der Waals surface area (Å²) in [6.07, 6.45) is 0. The molecule has 144 valence electrons. The zero-order valence-electron chi connectivity index (χ0n) is 15.4. The Hall–Kier alpha value is -3.33. The van der Waals surface area contributed by atoms with Crippen LogP contribution in [0.3, 0.4) is 0 Å². The Balaban J connectivity index is 1.97. The first-order valence-corrected chi connectivity index (χ1v) is 9.35. The summed E-state index contributed by atoms with van der Waals surface area (Å²) >= 11 is 1.16. The molecule has 9 heteroatoms. The molecule has 1 heterocycles. The Morgan fingerprint density at radius 1 is 1.11 bits per heavy atom. The van der Waals surface area contributed by atoms with E-state index in [2.05, 4.69) is 10.2 Å². The number of aryl methyl sites for hydroxylation is 1. The zero-order valence-corrected chi connectivity index (χ0v) is 16.2. The lowest BCUT2D eigenvalue weighted by molar-refractivity contribution is -0.117. The minimum absolute atomic E-state index is 0.0183. The summed E-state index contributed by atoms with van der Waals surface area (Å²) in [5.74, 6) is 0.851. The van der Waals surface area contributed by atoms with Crippen molar-refractivity contribution in [3.8, 4) is 22.8 Å². The molecular formula is C19H19N5O3S. The number of amides is 3. The second-order valence-electron chi connectivity index (χ2n) is 5.91. The minimum atomic E-state index is -0.885. The number of urea groups is 1. The molecule has 0 unspecified atom stereocenters. The number of ether oxygens (including phenoxy) is 1. The highest BCUT2D eigenvalue weighted by molar-refractivity contribution is 7.99. The molecule has 0 saturated carbocycles. The van der Waals surface area contributed by atoms with E-state index in [0.717, 1.165) is 34.3 Å². The molecule has 0 aliphatic rings. The zero-order chi connectivity index (χ0) is 20.1. The van der Waals surface area contributed by atoms with Gasteiger partial charge < -0.3 is 10.5 Å². The number of hydrogen-bond donors (Lipinski definition) is 2. The van der Waals surface area contributed by atoms with Crippen LogP contribution in [0.4, 0.5) is 4.79 Å². The van der Waals surface area contributed by atoms with Gasteiger partial charge in [-0.15, -0.1) is 10.2 Å². The summed E-state index contributed by atoms with van der Waals surface area (Å²) in [4.78, 5) is 22.6. The van der Waals surface area contributed by atoms with Gasteiger partial charge in [0.25, 0.3) is 0 Å². The van der Waals surface area contributed by atoms with E-state index >= 15 is 0 Å². The Morgan fingerprint density at radius 3 is 2.39 bits per heavy atom. The van der Waals surface area contributed by atoms with Gasteiger partial charge in [0.05, 0.1) is 12.9 Å². The molecule has 2 aromatic carbocycles. The molecule has 0 bridgehead atoms. The highest BCUT2D eigenvalue weighted by Gasteiger charge is 2.17. The summed E-state index contributed by atoms with van der Waals surface area (Å²) in [6, 6.07) is 14.5. The van der Waals surface area contributed by atoms with Gasteiger partial charge in [0.2, 0.25) is 5.91 Å². The Labute approximate surface area is 166 Å². The maximum absolute atomic E-state index is 11.8. The smallest absolute Gasteiger partial charge is 0.318 e. The van der Waals surface area contributed by atoms with Crippen LogP contribution in [0, 0.1) is 6.92 Å². The standard InChI is InChI=1S/C19H19N5O3S/c1-12-3-7-14(8-4-12)24-17(13-5-9-15(27-2)10-6-13)22-23-19(24)28-11-16(25)21-18(20)26/h3-10H,11H2,1-2H3,(H3,20,21,25,26). The van der Waals surface area contributed by atoms with Crippen molar-refractivity contribution in [2.24, 2.45) is 5.73 Å². The van der Waals surface area contributed by atoms with Gasteiger partial charge in [-0.2, -0.15) is 0 Å². The number of imide groups is 1. The molecule has 1 aromatic heterocycles. The Kier molecular flexibility index (Phi) is 5.95. The van der Waals surface area contributed by atoms with Crippen molar-refractivity contribution in [1.82, 2.24) is 20.1 Å². The van der Waals surface area contributed by atoms with Crippen LogP contribution in [0.15, 0.2) is 53.7 Å². The largest absolute Gasteiger partial charge is 0.497 e. The van der Waals surface area contributed by atoms with Crippen LogP contribution in [-0.4, -0.2) is 39.6 Å². The topological polar surface area (TPSA) is 112 Å². The van der Waals surface area contributed by atoms with Gasteiger partial charge in [0, 0.05) is 11.3 Å². The van der Waals surface area contributed by atoms with Crippen molar-refractivity contribution in [3.05, 3.63) is 54.1 Å². The van der Waals surface area contributed by atoms with E-state index in [1.807, 2.05) is 65.3 Å². The number of aromatic nitrogens is 3. The Bertz CT molecular complexity index is 984. The third kappa shape index (κ3) is 4.49. The predicted octanol–water partition coefficient (Wildman–Crippen LogP) is 2.54. The van der Waals surface area contributed by atoms with Gasteiger partial charge in [0.1, 0.15) is 5.75 Å². The number of carbonyl (C=O) groups is 2. The molecule has 0 aliphatic carbocycles. The van der Waals surface area contributed by atoms with Gasteiger partial charge >= 0.3 is 6.03 Å². The molecule has 0 saturated heterocycles. The van der Waals surface area contributed by atoms with Crippen molar-refractivity contribution in [3.63, 3.8) is 0 Å². The fraction of sp³-hybridized carbons (Fsp3) is 0.158. The number of primary amides is 1. The molecule has 0 spiro atoms. The van der Waals surface area contributed by atoms with E-state index in [-0.39, 0.29) is 5.75 Å². The predicted molar refractivity (Wildman–Crippen MR) is 107 cm³/mol. The summed E-state index contributed by atoms with van der Waals surface area (Å²) < 4.78 is 7.07. The first-order valence-electron chi connectivity index (χ1n) is 8.37. The molecule has 0 radical (unpaired) electrons. The van der Waals surface area contributed by atoms with Crippen LogP contribution in [0.2, 0.25) is 0 Å². The van der Waals surface area contributed by atoms with Crippen LogP contribution in [0.1, 0.15) is 5.56 Å². The summed E-state index contributed by atoms with van der Waals surface area (Å²) in [5.41, 5.74) is 7.81. The van der Waals surface area contributed by atoms with Gasteiger partial charge in [-0.1, -0.05) is 29.5 Å². The number of nitrogens with one attached hydrogen (secondary N) is 1. The third-order valence-electron chi connectivity index (χ3n) is 3.87. The number of nitrogens with zero attached hydrogens (tertiary/aromatic N) is 3. The van der Waals surface area contributed by atoms with Crippen molar-refractivity contribution >= 4 is 23.7 Å². The average Bonchev–Trinajstić information content (AvgIpc) is 3.10. The normalized spacial score (nSPS) is 10.5. The maximum Gasteiger partial charge on any atom is 0.318 e. The Morgan fingerprint density at radius 2 is 1.79 bits per heavy atom. The van der Waals surface area contributed by atoms with E-state index in [0.29, 0.717) is 11.0 Å². The summed E-state index contributed by atoms with van der Waals surface area (Å²) in [7, 11) is 1.61. The molecule has 0 aliphatic heterocycles. The molecule has 0 fully saturated rings. The molecule has 28 heavy (non-hydrogen) atoms. The molecule has 3 rings (SSSR count). The van der Waals surface area contributed by atoms with E-state index in [4.69, 9.17) is 10.5 Å². The summed E-state index contributed by atoms with van der Waals surface area (Å²) in [5, 5.41) is 11.1. The van der Waals surface area contributed by atoms with Gasteiger partial charge in [-0.25, -0.2) is 4.79 Å². The molecule has 0 atom stereocenters. The number of rotatable bonds is 6. The monoisotopic (exact) mass is 397 g/mol. The van der Waals surface area contributed by atoms with Gasteiger partial charge in [-0.3, -0.25) is 14.7 Å². The summed E-state index contributed by atoms with van der Waals surface area (Å²) in [6.45, 7) is 2.00. The first kappa shape index (κ1) is 19.4. The van der Waals surface area contributed by atoms with Gasteiger partial charge in [-0.05, 0) is 43.3 Å². The maximum atomic E-state index is 11.8. The lowest BCUT2D eigenvalue weighted by Gasteiger charge is -2.11. The number of methoxy groups -OCH3 is 1. The quantitative estimate of drug-likeness (QED) is 0.618. The number of benzene rings is 2. The number of hydrogen-bond acceptors (Lipinski definition) is 6. The van der Waals surface area contributed by atoms with Crippen LogP contribution in [0.25, 0.3) is 17.1 Å². The van der Waals surface area contributed by atoms with E-state index in [9.17, 15) is 9.59 Å². The molecule has 8 nitrogen and oxygen atoms in total.